The van der Waals surface area contributed by atoms with Gasteiger partial charge in [-0.1, -0.05) is 48.2 Å². The number of rotatable bonds is 8. The SMILES string of the molecule is O=C(CSc1nnc(COc2ccccc2F)n1-c1ccccc1)Nc1cccc(F)c1. The first-order valence-electron chi connectivity index (χ1n) is 9.65. The van der Waals surface area contributed by atoms with Gasteiger partial charge < -0.3 is 10.1 Å². The second-order valence-corrected chi connectivity index (χ2v) is 7.58. The van der Waals surface area contributed by atoms with Gasteiger partial charge in [0.2, 0.25) is 5.91 Å². The van der Waals surface area contributed by atoms with Crippen molar-refractivity contribution in [3.8, 4) is 11.4 Å². The van der Waals surface area contributed by atoms with Crippen LogP contribution in [0.3, 0.4) is 0 Å². The fourth-order valence-electron chi connectivity index (χ4n) is 2.92. The monoisotopic (exact) mass is 452 g/mol. The lowest BCUT2D eigenvalue weighted by molar-refractivity contribution is -0.113. The van der Waals surface area contributed by atoms with Crippen LogP contribution in [0.1, 0.15) is 5.82 Å². The molecule has 1 N–H and O–H groups in total. The first-order valence-corrected chi connectivity index (χ1v) is 10.6. The van der Waals surface area contributed by atoms with Crippen LogP contribution in [0.2, 0.25) is 0 Å². The summed E-state index contributed by atoms with van der Waals surface area (Å²) in [6.45, 7) is -0.0150. The minimum atomic E-state index is -0.470. The van der Waals surface area contributed by atoms with Gasteiger partial charge in [0, 0.05) is 11.4 Å². The van der Waals surface area contributed by atoms with Crippen LogP contribution in [0.15, 0.2) is 84.0 Å². The number of ether oxygens (including phenoxy) is 1. The van der Waals surface area contributed by atoms with E-state index in [1.165, 1.54) is 42.1 Å². The molecule has 9 heteroatoms. The molecule has 0 fully saturated rings. The molecule has 0 atom stereocenters. The molecule has 32 heavy (non-hydrogen) atoms. The van der Waals surface area contributed by atoms with Crippen molar-refractivity contribution >= 4 is 23.4 Å². The van der Waals surface area contributed by atoms with E-state index >= 15 is 0 Å². The average Bonchev–Trinajstić information content (AvgIpc) is 3.20. The van der Waals surface area contributed by atoms with E-state index in [0.717, 1.165) is 5.69 Å². The maximum absolute atomic E-state index is 13.9. The molecule has 0 spiro atoms. The quantitative estimate of drug-likeness (QED) is 0.387. The van der Waals surface area contributed by atoms with Crippen molar-refractivity contribution in [1.82, 2.24) is 14.8 Å². The number of para-hydroxylation sites is 2. The number of aromatic nitrogens is 3. The molecule has 0 bridgehead atoms. The normalized spacial score (nSPS) is 10.7. The van der Waals surface area contributed by atoms with Crippen molar-refractivity contribution in [3.05, 3.63) is 96.3 Å². The van der Waals surface area contributed by atoms with E-state index in [1.807, 2.05) is 30.3 Å². The van der Waals surface area contributed by atoms with Crippen molar-refractivity contribution in [2.75, 3.05) is 11.1 Å². The zero-order valence-corrected chi connectivity index (χ0v) is 17.6. The topological polar surface area (TPSA) is 69.0 Å². The van der Waals surface area contributed by atoms with Crippen LogP contribution in [-0.4, -0.2) is 26.4 Å². The van der Waals surface area contributed by atoms with Crippen molar-refractivity contribution < 1.29 is 18.3 Å². The van der Waals surface area contributed by atoms with Gasteiger partial charge in [-0.25, -0.2) is 8.78 Å². The molecule has 1 amide bonds. The van der Waals surface area contributed by atoms with Crippen LogP contribution >= 0.6 is 11.8 Å². The van der Waals surface area contributed by atoms with Crippen LogP contribution < -0.4 is 10.1 Å². The third kappa shape index (κ3) is 5.30. The van der Waals surface area contributed by atoms with Crippen molar-refractivity contribution in [1.29, 1.82) is 0 Å². The Hall–Kier alpha value is -3.72. The summed E-state index contributed by atoms with van der Waals surface area (Å²) < 4.78 is 34.6. The Balaban J connectivity index is 1.50. The minimum Gasteiger partial charge on any atom is -0.483 e. The number of amides is 1. The summed E-state index contributed by atoms with van der Waals surface area (Å²) in [7, 11) is 0. The second-order valence-electron chi connectivity index (χ2n) is 6.64. The fraction of sp³-hybridized carbons (Fsp3) is 0.0870. The molecule has 1 heterocycles. The summed E-state index contributed by atoms with van der Waals surface area (Å²) in [5.74, 6) is -0.616. The molecule has 0 aliphatic rings. The third-order valence-corrected chi connectivity index (χ3v) is 5.28. The predicted octanol–water partition coefficient (Wildman–Crippen LogP) is 4.86. The first-order chi connectivity index (χ1) is 15.6. The van der Waals surface area contributed by atoms with E-state index in [-0.39, 0.29) is 24.0 Å². The maximum atomic E-state index is 13.9. The molecule has 0 aliphatic heterocycles. The van der Waals surface area contributed by atoms with Crippen LogP contribution in [0.5, 0.6) is 5.75 Å². The lowest BCUT2D eigenvalue weighted by Gasteiger charge is -2.11. The molecule has 0 saturated heterocycles. The van der Waals surface area contributed by atoms with Gasteiger partial charge in [-0.3, -0.25) is 9.36 Å². The Morgan fingerprint density at radius 1 is 0.969 bits per heavy atom. The fourth-order valence-corrected chi connectivity index (χ4v) is 3.69. The second kappa shape index (κ2) is 10.1. The summed E-state index contributed by atoms with van der Waals surface area (Å²) >= 11 is 1.17. The Morgan fingerprint density at radius 2 is 1.75 bits per heavy atom. The van der Waals surface area contributed by atoms with Gasteiger partial charge in [0.1, 0.15) is 12.4 Å². The summed E-state index contributed by atoms with van der Waals surface area (Å²) in [6, 6.07) is 21.1. The average molecular weight is 452 g/mol. The number of nitrogens with zero attached hydrogens (tertiary/aromatic N) is 3. The predicted molar refractivity (Wildman–Crippen MR) is 118 cm³/mol. The van der Waals surface area contributed by atoms with Gasteiger partial charge in [0.25, 0.3) is 0 Å². The maximum Gasteiger partial charge on any atom is 0.234 e. The first kappa shape index (κ1) is 21.5. The van der Waals surface area contributed by atoms with E-state index in [9.17, 15) is 13.6 Å². The van der Waals surface area contributed by atoms with Gasteiger partial charge in [-0.05, 0) is 42.5 Å². The standard InChI is InChI=1S/C23H18F2N4O2S/c24-16-7-6-8-17(13-16)26-22(30)15-32-23-28-27-21(29(23)18-9-2-1-3-10-18)14-31-20-12-5-4-11-19(20)25/h1-13H,14-15H2,(H,26,30). The van der Waals surface area contributed by atoms with Gasteiger partial charge in [0.05, 0.1) is 5.75 Å². The lowest BCUT2D eigenvalue weighted by Crippen LogP contribution is -2.15. The number of carbonyl (C=O) groups excluding carboxylic acids is 1. The van der Waals surface area contributed by atoms with Crippen LogP contribution in [-0.2, 0) is 11.4 Å². The summed E-state index contributed by atoms with van der Waals surface area (Å²) in [5, 5.41) is 11.5. The highest BCUT2D eigenvalue weighted by atomic mass is 32.2. The van der Waals surface area contributed by atoms with E-state index < -0.39 is 11.6 Å². The third-order valence-electron chi connectivity index (χ3n) is 4.35. The molecule has 162 valence electrons. The van der Waals surface area contributed by atoms with Crippen molar-refractivity contribution in [2.24, 2.45) is 0 Å². The highest BCUT2D eigenvalue weighted by Crippen LogP contribution is 2.24. The summed E-state index contributed by atoms with van der Waals surface area (Å²) in [6.07, 6.45) is 0. The van der Waals surface area contributed by atoms with Crippen LogP contribution in [0, 0.1) is 11.6 Å². The molecular weight excluding hydrogens is 434 g/mol. The molecular formula is C23H18F2N4O2S. The molecule has 3 aromatic carbocycles. The summed E-state index contributed by atoms with van der Waals surface area (Å²) in [5.41, 5.74) is 1.15. The molecule has 4 rings (SSSR count). The molecule has 0 aliphatic carbocycles. The zero-order valence-electron chi connectivity index (χ0n) is 16.7. The number of benzene rings is 3. The largest absolute Gasteiger partial charge is 0.483 e. The Bertz CT molecular complexity index is 1220. The molecule has 6 nitrogen and oxygen atoms in total. The van der Waals surface area contributed by atoms with Gasteiger partial charge >= 0.3 is 0 Å². The highest BCUT2D eigenvalue weighted by Gasteiger charge is 2.17. The number of carbonyl (C=O) groups is 1. The lowest BCUT2D eigenvalue weighted by atomic mass is 10.3. The van der Waals surface area contributed by atoms with Crippen molar-refractivity contribution in [3.63, 3.8) is 0 Å². The Labute approximate surface area is 187 Å². The van der Waals surface area contributed by atoms with Gasteiger partial charge in [-0.15, -0.1) is 10.2 Å². The van der Waals surface area contributed by atoms with E-state index in [1.54, 1.807) is 22.8 Å². The zero-order chi connectivity index (χ0) is 22.3. The Kier molecular flexibility index (Phi) is 6.76. The van der Waals surface area contributed by atoms with E-state index in [0.29, 0.717) is 16.7 Å². The molecule has 1 aromatic heterocycles. The smallest absolute Gasteiger partial charge is 0.234 e. The number of thioether (sulfide) groups is 1. The Morgan fingerprint density at radius 3 is 2.53 bits per heavy atom. The van der Waals surface area contributed by atoms with Crippen molar-refractivity contribution in [2.45, 2.75) is 11.8 Å². The molecule has 0 unspecified atom stereocenters. The minimum absolute atomic E-state index is 0.0150. The number of anilines is 1. The van der Waals surface area contributed by atoms with Gasteiger partial charge in [-0.2, -0.15) is 0 Å². The number of nitrogens with one attached hydrogen (secondary N) is 1. The van der Waals surface area contributed by atoms with Gasteiger partial charge in [0.15, 0.2) is 22.5 Å². The molecule has 4 aromatic rings. The van der Waals surface area contributed by atoms with Crippen LogP contribution in [0.25, 0.3) is 5.69 Å². The number of halogens is 2. The molecule has 0 saturated carbocycles. The highest BCUT2D eigenvalue weighted by molar-refractivity contribution is 7.99. The number of hydrogen-bond acceptors (Lipinski definition) is 5. The molecule has 0 radical (unpaired) electrons. The number of hydrogen-bond donors (Lipinski definition) is 1. The van der Waals surface area contributed by atoms with Crippen LogP contribution in [0.4, 0.5) is 14.5 Å². The van der Waals surface area contributed by atoms with E-state index in [4.69, 9.17) is 4.74 Å². The van der Waals surface area contributed by atoms with E-state index in [2.05, 4.69) is 15.5 Å². The summed E-state index contributed by atoms with van der Waals surface area (Å²) in [4.78, 5) is 12.3.